The molecule has 7 heteroatoms. The summed E-state index contributed by atoms with van der Waals surface area (Å²) in [6, 6.07) is 0. The summed E-state index contributed by atoms with van der Waals surface area (Å²) < 4.78 is 26.4. The summed E-state index contributed by atoms with van der Waals surface area (Å²) in [4.78, 5) is 0. The number of hydrogen-bond donors (Lipinski definition) is 3. The van der Waals surface area contributed by atoms with Crippen molar-refractivity contribution in [3.63, 3.8) is 0 Å². The van der Waals surface area contributed by atoms with E-state index >= 15 is 0 Å². The summed E-state index contributed by atoms with van der Waals surface area (Å²) in [5.74, 6) is -0.269. The Balaban J connectivity index is 2.49. The van der Waals surface area contributed by atoms with E-state index in [1.54, 1.807) is 6.92 Å². The number of nitrogens with zero attached hydrogens (tertiary/aromatic N) is 1. The van der Waals surface area contributed by atoms with Gasteiger partial charge in [0.15, 0.2) is 0 Å². The molecule has 6 nitrogen and oxygen atoms in total. The third-order valence-electron chi connectivity index (χ3n) is 3.20. The molecule has 0 heterocycles. The Hall–Kier alpha value is -0.820. The van der Waals surface area contributed by atoms with Gasteiger partial charge < -0.3 is 10.9 Å². The van der Waals surface area contributed by atoms with Gasteiger partial charge in [0.05, 0.1) is 5.25 Å². The van der Waals surface area contributed by atoms with Gasteiger partial charge in [0.2, 0.25) is 10.0 Å². The van der Waals surface area contributed by atoms with Crippen molar-refractivity contribution in [2.75, 3.05) is 6.54 Å². The van der Waals surface area contributed by atoms with E-state index < -0.39 is 10.0 Å². The largest absolute Gasteiger partial charge is 0.409 e. The van der Waals surface area contributed by atoms with Gasteiger partial charge >= 0.3 is 0 Å². The molecule has 0 aromatic rings. The van der Waals surface area contributed by atoms with E-state index in [-0.39, 0.29) is 23.5 Å². The van der Waals surface area contributed by atoms with Gasteiger partial charge in [-0.2, -0.15) is 0 Å². The molecule has 0 aliphatic heterocycles. The molecular formula is C10H21N3O3S. The van der Waals surface area contributed by atoms with Crippen LogP contribution in [0.5, 0.6) is 0 Å². The molecule has 0 spiro atoms. The number of hydrogen-bond acceptors (Lipinski definition) is 4. The lowest BCUT2D eigenvalue weighted by Gasteiger charge is -2.22. The average Bonchev–Trinajstić information content (AvgIpc) is 2.36. The van der Waals surface area contributed by atoms with Crippen LogP contribution in [0.25, 0.3) is 0 Å². The lowest BCUT2D eigenvalue weighted by molar-refractivity contribution is 0.314. The van der Waals surface area contributed by atoms with Crippen LogP contribution in [0.3, 0.4) is 0 Å². The highest BCUT2D eigenvalue weighted by molar-refractivity contribution is 7.90. The molecule has 100 valence electrons. The van der Waals surface area contributed by atoms with Gasteiger partial charge in [0.1, 0.15) is 5.84 Å². The fourth-order valence-electron chi connectivity index (χ4n) is 1.94. The Morgan fingerprint density at radius 2 is 2.06 bits per heavy atom. The molecule has 0 aromatic heterocycles. The zero-order valence-corrected chi connectivity index (χ0v) is 10.9. The third-order valence-corrected chi connectivity index (χ3v) is 5.12. The second-order valence-electron chi connectivity index (χ2n) is 4.58. The van der Waals surface area contributed by atoms with Gasteiger partial charge in [0.25, 0.3) is 0 Å². The molecule has 1 aliphatic carbocycles. The topological polar surface area (TPSA) is 105 Å². The zero-order valence-electron chi connectivity index (χ0n) is 10.1. The van der Waals surface area contributed by atoms with Crippen LogP contribution in [0.15, 0.2) is 5.16 Å². The second kappa shape index (κ2) is 6.20. The minimum absolute atomic E-state index is 0.0383. The van der Waals surface area contributed by atoms with E-state index in [1.165, 1.54) is 0 Å². The van der Waals surface area contributed by atoms with Crippen LogP contribution in [-0.2, 0) is 10.0 Å². The van der Waals surface area contributed by atoms with Crippen molar-refractivity contribution in [2.45, 2.75) is 44.3 Å². The molecule has 17 heavy (non-hydrogen) atoms. The fourth-order valence-corrected chi connectivity index (χ4v) is 3.61. The van der Waals surface area contributed by atoms with Crippen molar-refractivity contribution in [2.24, 2.45) is 16.8 Å². The Labute approximate surface area is 102 Å². The number of oxime groups is 1. The molecule has 1 saturated carbocycles. The molecule has 1 aliphatic rings. The van der Waals surface area contributed by atoms with Gasteiger partial charge in [-0.3, -0.25) is 0 Å². The highest BCUT2D eigenvalue weighted by Crippen LogP contribution is 2.22. The summed E-state index contributed by atoms with van der Waals surface area (Å²) in [7, 11) is -3.26. The standard InChI is InChI=1S/C10H21N3O3S/c1-8(10(11)13-14)7-12-17(15,16)9-5-3-2-4-6-9/h8-9,12,14H,2-7H2,1H3,(H2,11,13). The Morgan fingerprint density at radius 1 is 1.47 bits per heavy atom. The molecule has 1 unspecified atom stereocenters. The van der Waals surface area contributed by atoms with Crippen LogP contribution in [0.2, 0.25) is 0 Å². The van der Waals surface area contributed by atoms with E-state index in [0.29, 0.717) is 0 Å². The molecule has 4 N–H and O–H groups in total. The summed E-state index contributed by atoms with van der Waals surface area (Å²) in [6.07, 6.45) is 4.52. The van der Waals surface area contributed by atoms with Crippen molar-refractivity contribution in [3.8, 4) is 0 Å². The van der Waals surface area contributed by atoms with Crippen LogP contribution in [-0.4, -0.2) is 31.3 Å². The van der Waals surface area contributed by atoms with E-state index in [9.17, 15) is 8.42 Å². The predicted octanol–water partition coefficient (Wildman–Crippen LogP) is 0.621. The van der Waals surface area contributed by atoms with Crippen molar-refractivity contribution in [1.29, 1.82) is 0 Å². The summed E-state index contributed by atoms with van der Waals surface area (Å²) in [5, 5.41) is 11.0. The zero-order chi connectivity index (χ0) is 12.9. The third kappa shape index (κ3) is 4.16. The van der Waals surface area contributed by atoms with Crippen molar-refractivity contribution >= 4 is 15.9 Å². The van der Waals surface area contributed by atoms with Gasteiger partial charge in [-0.1, -0.05) is 31.3 Å². The first-order valence-electron chi connectivity index (χ1n) is 5.93. The van der Waals surface area contributed by atoms with Crippen molar-refractivity contribution in [3.05, 3.63) is 0 Å². The molecule has 1 fully saturated rings. The maximum Gasteiger partial charge on any atom is 0.214 e. The quantitative estimate of drug-likeness (QED) is 0.293. The van der Waals surface area contributed by atoms with E-state index in [0.717, 1.165) is 32.1 Å². The van der Waals surface area contributed by atoms with E-state index in [1.807, 2.05) is 0 Å². The van der Waals surface area contributed by atoms with Crippen LogP contribution < -0.4 is 10.5 Å². The molecule has 1 rings (SSSR count). The summed E-state index contributed by atoms with van der Waals surface area (Å²) >= 11 is 0. The lowest BCUT2D eigenvalue weighted by atomic mass is 10.0. The van der Waals surface area contributed by atoms with Gasteiger partial charge in [0, 0.05) is 12.5 Å². The van der Waals surface area contributed by atoms with Gasteiger partial charge in [-0.15, -0.1) is 0 Å². The van der Waals surface area contributed by atoms with Crippen molar-refractivity contribution < 1.29 is 13.6 Å². The number of nitrogens with two attached hydrogens (primary N) is 1. The van der Waals surface area contributed by atoms with E-state index in [2.05, 4.69) is 9.88 Å². The second-order valence-corrected chi connectivity index (χ2v) is 6.62. The normalized spacial score (nSPS) is 21.4. The summed E-state index contributed by atoms with van der Waals surface area (Å²) in [5.41, 5.74) is 5.39. The maximum absolute atomic E-state index is 11.9. The first-order chi connectivity index (χ1) is 7.97. The van der Waals surface area contributed by atoms with Crippen molar-refractivity contribution in [1.82, 2.24) is 4.72 Å². The Bertz CT molecular complexity index is 361. The minimum Gasteiger partial charge on any atom is -0.409 e. The highest BCUT2D eigenvalue weighted by atomic mass is 32.2. The Morgan fingerprint density at radius 3 is 2.59 bits per heavy atom. The first-order valence-corrected chi connectivity index (χ1v) is 7.48. The maximum atomic E-state index is 11.9. The fraction of sp³-hybridized carbons (Fsp3) is 0.900. The number of amidine groups is 1. The molecular weight excluding hydrogens is 242 g/mol. The molecule has 0 bridgehead atoms. The molecule has 0 aromatic carbocycles. The minimum atomic E-state index is -3.26. The molecule has 0 saturated heterocycles. The van der Waals surface area contributed by atoms with E-state index in [4.69, 9.17) is 10.9 Å². The first kappa shape index (κ1) is 14.2. The smallest absolute Gasteiger partial charge is 0.214 e. The monoisotopic (exact) mass is 263 g/mol. The van der Waals surface area contributed by atoms with Crippen LogP contribution in [0.4, 0.5) is 0 Å². The molecule has 1 atom stereocenters. The van der Waals surface area contributed by atoms with Crippen LogP contribution in [0.1, 0.15) is 39.0 Å². The highest BCUT2D eigenvalue weighted by Gasteiger charge is 2.27. The number of rotatable bonds is 5. The van der Waals surface area contributed by atoms with Crippen LogP contribution in [0, 0.1) is 5.92 Å². The number of nitrogens with one attached hydrogen (secondary N) is 1. The number of sulfonamides is 1. The SMILES string of the molecule is CC(CNS(=O)(=O)C1CCCCC1)C(N)=NO. The van der Waals surface area contributed by atoms with Crippen LogP contribution >= 0.6 is 0 Å². The molecule has 0 amide bonds. The summed E-state index contributed by atoms with van der Waals surface area (Å²) in [6.45, 7) is 1.88. The van der Waals surface area contributed by atoms with Gasteiger partial charge in [-0.25, -0.2) is 13.1 Å². The average molecular weight is 263 g/mol. The lowest BCUT2D eigenvalue weighted by Crippen LogP contribution is -2.40. The Kier molecular flexibility index (Phi) is 5.20. The van der Waals surface area contributed by atoms with Gasteiger partial charge in [-0.05, 0) is 12.8 Å². The molecule has 0 radical (unpaired) electrons. The predicted molar refractivity (Wildman–Crippen MR) is 66.4 cm³/mol.